The smallest absolute Gasteiger partial charge is 0.239 e. The zero-order valence-corrected chi connectivity index (χ0v) is 13.5. The summed E-state index contributed by atoms with van der Waals surface area (Å²) in [6, 6.07) is 2.46. The Morgan fingerprint density at radius 2 is 2.19 bits per heavy atom. The summed E-state index contributed by atoms with van der Waals surface area (Å²) in [5.74, 6) is 0.0443. The average Bonchev–Trinajstić information content (AvgIpc) is 2.93. The van der Waals surface area contributed by atoms with E-state index in [1.54, 1.807) is 7.11 Å². The molecule has 5 heteroatoms. The van der Waals surface area contributed by atoms with Crippen LogP contribution < -0.4 is 10.6 Å². The van der Waals surface area contributed by atoms with E-state index in [0.717, 1.165) is 25.8 Å². The summed E-state index contributed by atoms with van der Waals surface area (Å²) in [4.78, 5) is 11.8. The van der Waals surface area contributed by atoms with Gasteiger partial charge in [0.25, 0.3) is 0 Å². The van der Waals surface area contributed by atoms with Crippen LogP contribution in [0.25, 0.3) is 0 Å². The van der Waals surface area contributed by atoms with Crippen LogP contribution in [0.15, 0.2) is 18.5 Å². The van der Waals surface area contributed by atoms with Crippen LogP contribution in [0.4, 0.5) is 0 Å². The molecule has 1 amide bonds. The number of carbonyl (C=O) groups is 1. The van der Waals surface area contributed by atoms with E-state index in [9.17, 15) is 4.79 Å². The van der Waals surface area contributed by atoms with Crippen molar-refractivity contribution < 1.29 is 9.53 Å². The third kappa shape index (κ3) is 6.78. The minimum atomic E-state index is 0.0443. The SMILES string of the molecule is CCCNC(CC)c1ccn(CC(=O)NCCCOC)c1. The highest BCUT2D eigenvalue weighted by molar-refractivity contribution is 5.75. The maximum atomic E-state index is 11.8. The van der Waals surface area contributed by atoms with Crippen LogP contribution in [-0.4, -0.2) is 37.3 Å². The topological polar surface area (TPSA) is 55.3 Å². The van der Waals surface area contributed by atoms with Crippen molar-refractivity contribution in [3.8, 4) is 0 Å². The number of hydrogen-bond acceptors (Lipinski definition) is 3. The molecular formula is C16H29N3O2. The predicted molar refractivity (Wildman–Crippen MR) is 85.3 cm³/mol. The monoisotopic (exact) mass is 295 g/mol. The molecule has 0 fully saturated rings. The van der Waals surface area contributed by atoms with Gasteiger partial charge in [0.1, 0.15) is 6.54 Å². The number of ether oxygens (including phenoxy) is 1. The summed E-state index contributed by atoms with van der Waals surface area (Å²) in [5.41, 5.74) is 1.25. The second kappa shape index (κ2) is 10.4. The lowest BCUT2D eigenvalue weighted by Gasteiger charge is -2.15. The largest absolute Gasteiger partial charge is 0.385 e. The van der Waals surface area contributed by atoms with Gasteiger partial charge in [0, 0.05) is 38.7 Å². The van der Waals surface area contributed by atoms with E-state index in [2.05, 4.69) is 36.7 Å². The van der Waals surface area contributed by atoms with Crippen molar-refractivity contribution in [2.75, 3.05) is 26.8 Å². The third-order valence-corrected chi connectivity index (χ3v) is 3.40. The molecule has 120 valence electrons. The van der Waals surface area contributed by atoms with E-state index in [-0.39, 0.29) is 5.91 Å². The molecule has 0 radical (unpaired) electrons. The quantitative estimate of drug-likeness (QED) is 0.615. The highest BCUT2D eigenvalue weighted by Gasteiger charge is 2.10. The van der Waals surface area contributed by atoms with Gasteiger partial charge in [-0.15, -0.1) is 0 Å². The first-order valence-electron chi connectivity index (χ1n) is 7.85. The van der Waals surface area contributed by atoms with Gasteiger partial charge >= 0.3 is 0 Å². The number of methoxy groups -OCH3 is 1. The first kappa shape index (κ1) is 17.7. The van der Waals surface area contributed by atoms with Crippen LogP contribution >= 0.6 is 0 Å². The molecule has 0 spiro atoms. The molecule has 21 heavy (non-hydrogen) atoms. The number of carbonyl (C=O) groups excluding carboxylic acids is 1. The lowest BCUT2D eigenvalue weighted by Crippen LogP contribution is -2.28. The molecule has 5 nitrogen and oxygen atoms in total. The summed E-state index contributed by atoms with van der Waals surface area (Å²) in [7, 11) is 1.67. The average molecular weight is 295 g/mol. The molecule has 1 aromatic heterocycles. The summed E-state index contributed by atoms with van der Waals surface area (Å²) < 4.78 is 6.89. The predicted octanol–water partition coefficient (Wildman–Crippen LogP) is 2.09. The number of nitrogens with zero attached hydrogens (tertiary/aromatic N) is 1. The highest BCUT2D eigenvalue weighted by atomic mass is 16.5. The molecule has 1 unspecified atom stereocenters. The van der Waals surface area contributed by atoms with Crippen LogP contribution in [-0.2, 0) is 16.1 Å². The van der Waals surface area contributed by atoms with Crippen molar-refractivity contribution in [1.29, 1.82) is 0 Å². The Balaban J connectivity index is 2.41. The minimum absolute atomic E-state index is 0.0443. The molecule has 0 saturated heterocycles. The highest BCUT2D eigenvalue weighted by Crippen LogP contribution is 2.16. The van der Waals surface area contributed by atoms with E-state index >= 15 is 0 Å². The number of nitrogens with one attached hydrogen (secondary N) is 2. The van der Waals surface area contributed by atoms with E-state index in [1.807, 2.05) is 10.8 Å². The summed E-state index contributed by atoms with van der Waals surface area (Å²) in [6.45, 7) is 7.07. The molecule has 0 aliphatic carbocycles. The maximum absolute atomic E-state index is 11.8. The molecule has 0 aliphatic heterocycles. The molecule has 0 bridgehead atoms. The Morgan fingerprint density at radius 1 is 1.38 bits per heavy atom. The molecule has 1 rings (SSSR count). The maximum Gasteiger partial charge on any atom is 0.239 e. The van der Waals surface area contributed by atoms with E-state index in [0.29, 0.717) is 25.7 Å². The first-order valence-corrected chi connectivity index (χ1v) is 7.85. The Bertz CT molecular complexity index is 404. The van der Waals surface area contributed by atoms with Gasteiger partial charge in [-0.05, 0) is 37.4 Å². The van der Waals surface area contributed by atoms with Gasteiger partial charge in [-0.25, -0.2) is 0 Å². The minimum Gasteiger partial charge on any atom is -0.385 e. The van der Waals surface area contributed by atoms with Gasteiger partial charge in [0.05, 0.1) is 0 Å². The Labute approximate surface area is 128 Å². The molecule has 0 saturated carbocycles. The Kier molecular flexibility index (Phi) is 8.78. The van der Waals surface area contributed by atoms with Crippen molar-refractivity contribution in [2.45, 2.75) is 45.7 Å². The fourth-order valence-electron chi connectivity index (χ4n) is 2.25. The molecule has 0 aliphatic rings. The van der Waals surface area contributed by atoms with Crippen molar-refractivity contribution in [1.82, 2.24) is 15.2 Å². The third-order valence-electron chi connectivity index (χ3n) is 3.40. The first-order chi connectivity index (χ1) is 10.2. The second-order valence-corrected chi connectivity index (χ2v) is 5.23. The Hall–Kier alpha value is -1.33. The molecule has 1 aromatic rings. The van der Waals surface area contributed by atoms with Gasteiger partial charge in [0.15, 0.2) is 0 Å². The van der Waals surface area contributed by atoms with Crippen LogP contribution in [0, 0.1) is 0 Å². The number of aromatic nitrogens is 1. The molecule has 2 N–H and O–H groups in total. The van der Waals surface area contributed by atoms with Gasteiger partial charge < -0.3 is 19.9 Å². The zero-order valence-electron chi connectivity index (χ0n) is 13.5. The summed E-state index contributed by atoms with van der Waals surface area (Å²) in [6.07, 6.45) is 7.05. The van der Waals surface area contributed by atoms with Crippen molar-refractivity contribution in [3.05, 3.63) is 24.0 Å². The van der Waals surface area contributed by atoms with Crippen LogP contribution in [0.3, 0.4) is 0 Å². The normalized spacial score (nSPS) is 12.3. The van der Waals surface area contributed by atoms with Crippen LogP contribution in [0.1, 0.15) is 44.7 Å². The summed E-state index contributed by atoms with van der Waals surface area (Å²) >= 11 is 0. The molecule has 1 heterocycles. The molecular weight excluding hydrogens is 266 g/mol. The van der Waals surface area contributed by atoms with Gasteiger partial charge in [-0.2, -0.15) is 0 Å². The molecule has 1 atom stereocenters. The van der Waals surface area contributed by atoms with Gasteiger partial charge in [-0.1, -0.05) is 13.8 Å². The second-order valence-electron chi connectivity index (χ2n) is 5.23. The Morgan fingerprint density at radius 3 is 2.86 bits per heavy atom. The lowest BCUT2D eigenvalue weighted by molar-refractivity contribution is -0.121. The molecule has 0 aromatic carbocycles. The summed E-state index contributed by atoms with van der Waals surface area (Å²) in [5, 5.41) is 6.42. The van der Waals surface area contributed by atoms with Gasteiger partial charge in [0.2, 0.25) is 5.91 Å². The zero-order chi connectivity index (χ0) is 15.5. The van der Waals surface area contributed by atoms with Crippen molar-refractivity contribution in [2.24, 2.45) is 0 Å². The number of hydrogen-bond donors (Lipinski definition) is 2. The van der Waals surface area contributed by atoms with Crippen LogP contribution in [0.2, 0.25) is 0 Å². The number of rotatable bonds is 11. The number of amides is 1. The van der Waals surface area contributed by atoms with Crippen LogP contribution in [0.5, 0.6) is 0 Å². The standard InChI is InChI=1S/C16H29N3O2/c1-4-8-17-15(5-2)14-7-10-19(12-14)13-16(20)18-9-6-11-21-3/h7,10,12,15,17H,4-6,8-9,11,13H2,1-3H3,(H,18,20). The van der Waals surface area contributed by atoms with E-state index < -0.39 is 0 Å². The fraction of sp³-hybridized carbons (Fsp3) is 0.688. The van der Waals surface area contributed by atoms with Crippen molar-refractivity contribution >= 4 is 5.91 Å². The van der Waals surface area contributed by atoms with E-state index in [1.165, 1.54) is 5.56 Å². The lowest BCUT2D eigenvalue weighted by atomic mass is 10.1. The van der Waals surface area contributed by atoms with Gasteiger partial charge in [-0.3, -0.25) is 4.79 Å². The van der Waals surface area contributed by atoms with E-state index in [4.69, 9.17) is 4.74 Å². The fourth-order valence-corrected chi connectivity index (χ4v) is 2.25. The van der Waals surface area contributed by atoms with Crippen molar-refractivity contribution in [3.63, 3.8) is 0 Å².